The number of carboxylic acid groups (broad SMARTS) is 1. The summed E-state index contributed by atoms with van der Waals surface area (Å²) in [4.78, 5) is 22.6. The van der Waals surface area contributed by atoms with Crippen molar-refractivity contribution in [2.75, 3.05) is 6.61 Å². The average Bonchev–Trinajstić information content (AvgIpc) is 2.45. The maximum Gasteiger partial charge on any atom is 0.326 e. The van der Waals surface area contributed by atoms with Crippen molar-refractivity contribution in [2.45, 2.75) is 39.3 Å². The summed E-state index contributed by atoms with van der Waals surface area (Å²) < 4.78 is 5.47. The molecule has 0 aromatic heterocycles. The number of rotatable bonds is 9. The number of amides is 1. The summed E-state index contributed by atoms with van der Waals surface area (Å²) in [6.07, 6.45) is 0.842. The van der Waals surface area contributed by atoms with Crippen molar-refractivity contribution in [1.29, 1.82) is 0 Å². The Morgan fingerprint density at radius 2 is 1.90 bits per heavy atom. The van der Waals surface area contributed by atoms with Gasteiger partial charge in [0.1, 0.15) is 6.04 Å². The molecule has 1 atom stereocenters. The zero-order valence-corrected chi connectivity index (χ0v) is 12.5. The van der Waals surface area contributed by atoms with Gasteiger partial charge in [0.25, 0.3) is 0 Å². The van der Waals surface area contributed by atoms with Crippen LogP contribution in [0.5, 0.6) is 0 Å². The molecule has 1 rings (SSSR count). The third-order valence-corrected chi connectivity index (χ3v) is 3.05. The number of carboxylic acids is 1. The van der Waals surface area contributed by atoms with Gasteiger partial charge in [0.05, 0.1) is 6.61 Å². The first-order valence-electron chi connectivity index (χ1n) is 7.14. The standard InChI is InChI=1S/C16H23NO4/c1-12(2)15(16(19)20)17-14(18)9-6-10-21-11-13-7-4-3-5-8-13/h3-5,7-8,12,15H,6,9-11H2,1-2H3,(H,17,18)(H,19,20)/t15-/m0/s1. The van der Waals surface area contributed by atoms with Gasteiger partial charge in [-0.05, 0) is 17.9 Å². The fourth-order valence-corrected chi connectivity index (χ4v) is 1.86. The highest BCUT2D eigenvalue weighted by molar-refractivity contribution is 5.83. The third-order valence-electron chi connectivity index (χ3n) is 3.05. The lowest BCUT2D eigenvalue weighted by molar-refractivity contribution is -0.143. The van der Waals surface area contributed by atoms with E-state index in [1.165, 1.54) is 0 Å². The van der Waals surface area contributed by atoms with Crippen molar-refractivity contribution in [2.24, 2.45) is 5.92 Å². The molecule has 1 aromatic rings. The number of carbonyl (C=O) groups is 2. The van der Waals surface area contributed by atoms with Crippen LogP contribution in [0.15, 0.2) is 30.3 Å². The van der Waals surface area contributed by atoms with Crippen molar-refractivity contribution in [3.05, 3.63) is 35.9 Å². The quantitative estimate of drug-likeness (QED) is 0.684. The van der Waals surface area contributed by atoms with E-state index in [1.807, 2.05) is 30.3 Å². The summed E-state index contributed by atoms with van der Waals surface area (Å²) in [5.41, 5.74) is 1.09. The molecule has 0 heterocycles. The van der Waals surface area contributed by atoms with Crippen LogP contribution < -0.4 is 5.32 Å². The molecular weight excluding hydrogens is 270 g/mol. The molecule has 21 heavy (non-hydrogen) atoms. The summed E-state index contributed by atoms with van der Waals surface area (Å²) in [5.74, 6) is -1.39. The molecule has 0 aliphatic heterocycles. The fraction of sp³-hybridized carbons (Fsp3) is 0.500. The average molecular weight is 293 g/mol. The summed E-state index contributed by atoms with van der Waals surface area (Å²) in [7, 11) is 0. The van der Waals surface area contributed by atoms with Crippen LogP contribution in [0, 0.1) is 5.92 Å². The van der Waals surface area contributed by atoms with Gasteiger partial charge in [-0.1, -0.05) is 44.2 Å². The highest BCUT2D eigenvalue weighted by Crippen LogP contribution is 2.04. The van der Waals surface area contributed by atoms with Crippen LogP contribution in [0.2, 0.25) is 0 Å². The molecule has 0 saturated carbocycles. The Labute approximate surface area is 125 Å². The van der Waals surface area contributed by atoms with E-state index < -0.39 is 12.0 Å². The van der Waals surface area contributed by atoms with E-state index in [0.717, 1.165) is 5.56 Å². The van der Waals surface area contributed by atoms with E-state index in [-0.39, 0.29) is 18.2 Å². The molecular formula is C16H23NO4. The summed E-state index contributed by atoms with van der Waals surface area (Å²) in [5, 5.41) is 11.5. The molecule has 5 nitrogen and oxygen atoms in total. The monoisotopic (exact) mass is 293 g/mol. The van der Waals surface area contributed by atoms with Gasteiger partial charge >= 0.3 is 5.97 Å². The molecule has 0 aliphatic carbocycles. The SMILES string of the molecule is CC(C)[C@H](NC(=O)CCCOCc1ccccc1)C(=O)O. The molecule has 1 aromatic carbocycles. The van der Waals surface area contributed by atoms with Crippen molar-refractivity contribution < 1.29 is 19.4 Å². The predicted octanol–water partition coefficient (Wildman–Crippen LogP) is 2.21. The summed E-state index contributed by atoms with van der Waals surface area (Å²) in [6, 6.07) is 8.97. The zero-order valence-electron chi connectivity index (χ0n) is 12.5. The Hall–Kier alpha value is -1.88. The number of benzene rings is 1. The first kappa shape index (κ1) is 17.2. The molecule has 5 heteroatoms. The number of carbonyl (C=O) groups excluding carboxylic acids is 1. The van der Waals surface area contributed by atoms with Crippen LogP contribution in [0.25, 0.3) is 0 Å². The van der Waals surface area contributed by atoms with Gasteiger partial charge in [0.15, 0.2) is 0 Å². The van der Waals surface area contributed by atoms with Gasteiger partial charge in [-0.2, -0.15) is 0 Å². The minimum absolute atomic E-state index is 0.138. The van der Waals surface area contributed by atoms with Gasteiger partial charge < -0.3 is 15.2 Å². The summed E-state index contributed by atoms with van der Waals surface area (Å²) >= 11 is 0. The molecule has 0 bridgehead atoms. The van der Waals surface area contributed by atoms with Crippen molar-refractivity contribution >= 4 is 11.9 Å². The Kier molecular flexibility index (Phi) is 7.46. The number of aliphatic carboxylic acids is 1. The zero-order chi connectivity index (χ0) is 15.7. The second kappa shape index (κ2) is 9.13. The van der Waals surface area contributed by atoms with Crippen LogP contribution in [0.3, 0.4) is 0 Å². The van der Waals surface area contributed by atoms with Gasteiger partial charge in [-0.25, -0.2) is 4.79 Å². The highest BCUT2D eigenvalue weighted by Gasteiger charge is 2.22. The predicted molar refractivity (Wildman–Crippen MR) is 79.7 cm³/mol. The number of ether oxygens (including phenoxy) is 1. The molecule has 2 N–H and O–H groups in total. The molecule has 0 unspecified atom stereocenters. The van der Waals surface area contributed by atoms with Crippen LogP contribution in [0.4, 0.5) is 0 Å². The third kappa shape index (κ3) is 6.90. The Morgan fingerprint density at radius 1 is 1.24 bits per heavy atom. The Morgan fingerprint density at radius 3 is 2.48 bits per heavy atom. The lowest BCUT2D eigenvalue weighted by atomic mass is 10.0. The second-order valence-electron chi connectivity index (χ2n) is 5.27. The maximum absolute atomic E-state index is 11.7. The Balaban J connectivity index is 2.17. The van der Waals surface area contributed by atoms with Gasteiger partial charge in [0.2, 0.25) is 5.91 Å². The van der Waals surface area contributed by atoms with E-state index >= 15 is 0 Å². The normalized spacial score (nSPS) is 12.1. The largest absolute Gasteiger partial charge is 0.480 e. The minimum Gasteiger partial charge on any atom is -0.480 e. The first-order valence-corrected chi connectivity index (χ1v) is 7.14. The van der Waals surface area contributed by atoms with Crippen LogP contribution in [-0.2, 0) is 20.9 Å². The molecule has 0 spiro atoms. The topological polar surface area (TPSA) is 75.6 Å². The molecule has 1 amide bonds. The van der Waals surface area contributed by atoms with Gasteiger partial charge in [-0.3, -0.25) is 4.79 Å². The first-order chi connectivity index (χ1) is 10.0. The van der Waals surface area contributed by atoms with E-state index in [4.69, 9.17) is 9.84 Å². The second-order valence-corrected chi connectivity index (χ2v) is 5.27. The minimum atomic E-state index is -1.00. The van der Waals surface area contributed by atoms with E-state index in [0.29, 0.717) is 19.6 Å². The lowest BCUT2D eigenvalue weighted by Crippen LogP contribution is -2.44. The Bertz CT molecular complexity index is 445. The molecule has 116 valence electrons. The van der Waals surface area contributed by atoms with Crippen LogP contribution >= 0.6 is 0 Å². The van der Waals surface area contributed by atoms with Gasteiger partial charge in [-0.15, -0.1) is 0 Å². The molecule has 0 saturated heterocycles. The smallest absolute Gasteiger partial charge is 0.326 e. The molecule has 0 aliphatic rings. The van der Waals surface area contributed by atoms with Crippen LogP contribution in [0.1, 0.15) is 32.3 Å². The number of hydrogen-bond acceptors (Lipinski definition) is 3. The summed E-state index contributed by atoms with van der Waals surface area (Å²) in [6.45, 7) is 4.53. The molecule has 0 radical (unpaired) electrons. The van der Waals surface area contributed by atoms with Crippen molar-refractivity contribution in [3.63, 3.8) is 0 Å². The number of nitrogens with one attached hydrogen (secondary N) is 1. The lowest BCUT2D eigenvalue weighted by Gasteiger charge is -2.17. The highest BCUT2D eigenvalue weighted by atomic mass is 16.5. The fourth-order valence-electron chi connectivity index (χ4n) is 1.86. The number of hydrogen-bond donors (Lipinski definition) is 2. The maximum atomic E-state index is 11.7. The van der Waals surface area contributed by atoms with Crippen LogP contribution in [-0.4, -0.2) is 29.6 Å². The van der Waals surface area contributed by atoms with Crippen molar-refractivity contribution in [1.82, 2.24) is 5.32 Å². The van der Waals surface area contributed by atoms with E-state index in [9.17, 15) is 9.59 Å². The van der Waals surface area contributed by atoms with Crippen molar-refractivity contribution in [3.8, 4) is 0 Å². The van der Waals surface area contributed by atoms with E-state index in [1.54, 1.807) is 13.8 Å². The van der Waals surface area contributed by atoms with Gasteiger partial charge in [0, 0.05) is 13.0 Å². The molecule has 0 fully saturated rings. The van der Waals surface area contributed by atoms with E-state index in [2.05, 4.69) is 5.32 Å².